The molecule has 1 amide bonds. The van der Waals surface area contributed by atoms with Crippen molar-refractivity contribution in [2.75, 3.05) is 6.54 Å². The van der Waals surface area contributed by atoms with Crippen LogP contribution in [-0.4, -0.2) is 32.9 Å². The molecule has 1 aromatic carbocycles. The van der Waals surface area contributed by atoms with Gasteiger partial charge in [-0.05, 0) is 24.3 Å². The predicted octanol–water partition coefficient (Wildman–Crippen LogP) is 1.98. The second kappa shape index (κ2) is 8.64. The zero-order valence-electron chi connectivity index (χ0n) is 14.5. The van der Waals surface area contributed by atoms with E-state index in [1.807, 2.05) is 0 Å². The van der Waals surface area contributed by atoms with Crippen molar-refractivity contribution in [2.24, 2.45) is 0 Å². The minimum absolute atomic E-state index is 0.106. The lowest BCUT2D eigenvalue weighted by Gasteiger charge is -2.18. The molecule has 0 radical (unpaired) electrons. The van der Waals surface area contributed by atoms with Gasteiger partial charge in [0.2, 0.25) is 16.1 Å². The van der Waals surface area contributed by atoms with Gasteiger partial charge >= 0.3 is 5.97 Å². The third-order valence-corrected chi connectivity index (χ3v) is 6.75. The van der Waals surface area contributed by atoms with Crippen molar-refractivity contribution >= 4 is 33.2 Å². The number of nitrogens with one attached hydrogen (secondary N) is 2. The summed E-state index contributed by atoms with van der Waals surface area (Å²) in [4.78, 5) is 24.6. The van der Waals surface area contributed by atoms with Gasteiger partial charge in [0.1, 0.15) is 4.21 Å². The van der Waals surface area contributed by atoms with E-state index in [2.05, 4.69) is 10.0 Å². The van der Waals surface area contributed by atoms with E-state index in [0.29, 0.717) is 5.56 Å². The SMILES string of the molecule is O=C(CCNS(=O)(=O)c1cccs1)O[C@H](C(=O)NC1CC1)c1ccccc1. The van der Waals surface area contributed by atoms with Crippen LogP contribution in [0.15, 0.2) is 52.1 Å². The third kappa shape index (κ3) is 5.62. The number of carbonyl (C=O) groups is 2. The Morgan fingerprint density at radius 2 is 1.89 bits per heavy atom. The first-order valence-electron chi connectivity index (χ1n) is 8.54. The highest BCUT2D eigenvalue weighted by atomic mass is 32.2. The number of amides is 1. The summed E-state index contributed by atoms with van der Waals surface area (Å²) in [5.74, 6) is -1.01. The van der Waals surface area contributed by atoms with Crippen LogP contribution in [0.5, 0.6) is 0 Å². The van der Waals surface area contributed by atoms with Gasteiger partial charge in [0, 0.05) is 18.2 Å². The molecule has 144 valence electrons. The van der Waals surface area contributed by atoms with Gasteiger partial charge in [-0.15, -0.1) is 11.3 Å². The average molecular weight is 409 g/mol. The molecule has 1 aromatic heterocycles. The maximum Gasteiger partial charge on any atom is 0.308 e. The summed E-state index contributed by atoms with van der Waals surface area (Å²) in [6.07, 6.45) is 0.621. The zero-order chi connectivity index (χ0) is 19.3. The van der Waals surface area contributed by atoms with Gasteiger partial charge in [-0.2, -0.15) is 0 Å². The van der Waals surface area contributed by atoms with Crippen LogP contribution in [0.2, 0.25) is 0 Å². The van der Waals surface area contributed by atoms with Crippen molar-refractivity contribution in [1.82, 2.24) is 10.0 Å². The monoisotopic (exact) mass is 408 g/mol. The quantitative estimate of drug-likeness (QED) is 0.618. The molecule has 2 aromatic rings. The first-order valence-corrected chi connectivity index (χ1v) is 10.9. The van der Waals surface area contributed by atoms with E-state index in [9.17, 15) is 18.0 Å². The molecule has 1 heterocycles. The molecule has 0 spiro atoms. The number of thiophene rings is 1. The van der Waals surface area contributed by atoms with Crippen molar-refractivity contribution in [3.8, 4) is 0 Å². The number of rotatable bonds is 9. The van der Waals surface area contributed by atoms with Gasteiger partial charge in [-0.1, -0.05) is 36.4 Å². The Kier molecular flexibility index (Phi) is 6.25. The molecule has 9 heteroatoms. The van der Waals surface area contributed by atoms with Crippen molar-refractivity contribution in [3.63, 3.8) is 0 Å². The minimum Gasteiger partial charge on any atom is -0.447 e. The van der Waals surface area contributed by atoms with Crippen molar-refractivity contribution in [1.29, 1.82) is 0 Å². The normalized spacial score (nSPS) is 15.1. The van der Waals surface area contributed by atoms with Gasteiger partial charge in [-0.25, -0.2) is 13.1 Å². The molecule has 0 bridgehead atoms. The fourth-order valence-electron chi connectivity index (χ4n) is 2.37. The summed E-state index contributed by atoms with van der Waals surface area (Å²) in [6.45, 7) is -0.106. The van der Waals surface area contributed by atoms with Crippen LogP contribution in [0, 0.1) is 0 Å². The molecule has 0 unspecified atom stereocenters. The fourth-order valence-corrected chi connectivity index (χ4v) is 4.44. The van der Waals surface area contributed by atoms with Crippen LogP contribution in [0.3, 0.4) is 0 Å². The van der Waals surface area contributed by atoms with Crippen LogP contribution >= 0.6 is 11.3 Å². The molecule has 3 rings (SSSR count). The Morgan fingerprint density at radius 1 is 1.15 bits per heavy atom. The smallest absolute Gasteiger partial charge is 0.308 e. The topological polar surface area (TPSA) is 102 Å². The van der Waals surface area contributed by atoms with Crippen molar-refractivity contribution in [2.45, 2.75) is 35.6 Å². The molecule has 7 nitrogen and oxygen atoms in total. The van der Waals surface area contributed by atoms with E-state index >= 15 is 0 Å². The van der Waals surface area contributed by atoms with E-state index < -0.39 is 22.1 Å². The van der Waals surface area contributed by atoms with E-state index in [1.54, 1.807) is 41.8 Å². The molecule has 2 N–H and O–H groups in total. The van der Waals surface area contributed by atoms with Gasteiger partial charge in [0.15, 0.2) is 0 Å². The molecule has 1 saturated carbocycles. The maximum absolute atomic E-state index is 12.4. The standard InChI is InChI=1S/C18H20N2O5S2/c21-15(10-11-19-27(23,24)16-7-4-12-26-16)25-17(13-5-2-1-3-6-13)18(22)20-14-8-9-14/h1-7,12,14,17,19H,8-11H2,(H,20,22)/t17-/m0/s1. The van der Waals surface area contributed by atoms with E-state index in [-0.39, 0.29) is 29.1 Å². The van der Waals surface area contributed by atoms with E-state index in [4.69, 9.17) is 4.74 Å². The Morgan fingerprint density at radius 3 is 2.52 bits per heavy atom. The number of ether oxygens (including phenoxy) is 1. The molecular weight excluding hydrogens is 388 g/mol. The van der Waals surface area contributed by atoms with Crippen LogP contribution < -0.4 is 10.0 Å². The summed E-state index contributed by atoms with van der Waals surface area (Å²) in [7, 11) is -3.64. The highest BCUT2D eigenvalue weighted by Gasteiger charge is 2.30. The van der Waals surface area contributed by atoms with E-state index in [0.717, 1.165) is 24.2 Å². The number of hydrogen-bond donors (Lipinski definition) is 2. The molecule has 1 aliphatic carbocycles. The average Bonchev–Trinajstić information content (AvgIpc) is 3.27. The lowest BCUT2D eigenvalue weighted by Crippen LogP contribution is -2.34. The second-order valence-electron chi connectivity index (χ2n) is 6.14. The lowest BCUT2D eigenvalue weighted by atomic mass is 10.1. The highest BCUT2D eigenvalue weighted by molar-refractivity contribution is 7.91. The summed E-state index contributed by atoms with van der Waals surface area (Å²) >= 11 is 1.09. The van der Waals surface area contributed by atoms with Gasteiger partial charge in [0.05, 0.1) is 6.42 Å². The number of esters is 1. The number of benzene rings is 1. The summed E-state index contributed by atoms with van der Waals surface area (Å²) in [6, 6.07) is 12.0. The van der Waals surface area contributed by atoms with Crippen LogP contribution in [-0.2, 0) is 24.3 Å². The highest BCUT2D eigenvalue weighted by Crippen LogP contribution is 2.23. The van der Waals surface area contributed by atoms with E-state index in [1.165, 1.54) is 6.07 Å². The number of hydrogen-bond acceptors (Lipinski definition) is 6. The first kappa shape index (κ1) is 19.5. The van der Waals surface area contributed by atoms with Crippen LogP contribution in [0.25, 0.3) is 0 Å². The molecule has 0 saturated heterocycles. The summed E-state index contributed by atoms with van der Waals surface area (Å²) in [5, 5.41) is 4.49. The zero-order valence-corrected chi connectivity index (χ0v) is 16.1. The molecular formula is C18H20N2O5S2. The van der Waals surface area contributed by atoms with Crippen LogP contribution in [0.1, 0.15) is 30.9 Å². The molecule has 1 aliphatic rings. The van der Waals surface area contributed by atoms with Gasteiger partial charge < -0.3 is 10.1 Å². The molecule has 1 atom stereocenters. The fraction of sp³-hybridized carbons (Fsp3) is 0.333. The second-order valence-corrected chi connectivity index (χ2v) is 9.08. The number of sulfonamides is 1. The Labute approximate surface area is 161 Å². The number of carbonyl (C=O) groups excluding carboxylic acids is 2. The largest absolute Gasteiger partial charge is 0.447 e. The van der Waals surface area contributed by atoms with Crippen LogP contribution in [0.4, 0.5) is 0 Å². The van der Waals surface area contributed by atoms with Gasteiger partial charge in [-0.3, -0.25) is 9.59 Å². The molecule has 0 aliphatic heterocycles. The Balaban J connectivity index is 1.56. The third-order valence-electron chi connectivity index (χ3n) is 3.89. The minimum atomic E-state index is -3.64. The molecule has 27 heavy (non-hydrogen) atoms. The van der Waals surface area contributed by atoms with Crippen molar-refractivity contribution < 1.29 is 22.7 Å². The summed E-state index contributed by atoms with van der Waals surface area (Å²) < 4.78 is 32.0. The van der Waals surface area contributed by atoms with Gasteiger partial charge in [0.25, 0.3) is 5.91 Å². The maximum atomic E-state index is 12.4. The summed E-state index contributed by atoms with van der Waals surface area (Å²) in [5.41, 5.74) is 0.572. The first-order chi connectivity index (χ1) is 13.0. The Hall–Kier alpha value is -2.23. The Bertz CT molecular complexity index is 878. The lowest BCUT2D eigenvalue weighted by molar-refractivity contribution is -0.156. The van der Waals surface area contributed by atoms with Crippen molar-refractivity contribution in [3.05, 3.63) is 53.4 Å². The predicted molar refractivity (Wildman–Crippen MR) is 101 cm³/mol. The molecule has 1 fully saturated rings.